The molecular weight excluding hydrogens is 384 g/mol. The molecule has 0 unspecified atom stereocenters. The van der Waals surface area contributed by atoms with Crippen molar-refractivity contribution in [3.63, 3.8) is 0 Å². The van der Waals surface area contributed by atoms with E-state index in [0.717, 1.165) is 46.5 Å². The Hall–Kier alpha value is -3.66. The summed E-state index contributed by atoms with van der Waals surface area (Å²) in [6, 6.07) is 23.4. The standard InChI is InChI=1S/C27H26N2O2/c1-4-17-29-24-8-6-5-7-23(24)28-26(29)18-25(21-13-9-19(2)10-14-21)31-27(30)22-15-11-20(3)12-16-22/h5-16,18H,4,17H2,1-3H3/b25-18-. The third kappa shape index (κ3) is 4.58. The zero-order valence-corrected chi connectivity index (χ0v) is 18.1. The third-order valence-electron chi connectivity index (χ3n) is 5.22. The van der Waals surface area contributed by atoms with E-state index in [1.165, 1.54) is 0 Å². The van der Waals surface area contributed by atoms with E-state index in [1.54, 1.807) is 12.1 Å². The molecule has 0 fully saturated rings. The number of aryl methyl sites for hydroxylation is 3. The minimum atomic E-state index is -0.384. The first-order chi connectivity index (χ1) is 15.0. The number of aromatic nitrogens is 2. The van der Waals surface area contributed by atoms with Crippen molar-refractivity contribution in [2.24, 2.45) is 0 Å². The van der Waals surface area contributed by atoms with Gasteiger partial charge in [-0.15, -0.1) is 0 Å². The Morgan fingerprint density at radius 2 is 1.52 bits per heavy atom. The van der Waals surface area contributed by atoms with Crippen LogP contribution in [0.1, 0.15) is 46.2 Å². The lowest BCUT2D eigenvalue weighted by Gasteiger charge is -2.11. The van der Waals surface area contributed by atoms with Gasteiger partial charge >= 0.3 is 5.97 Å². The topological polar surface area (TPSA) is 44.1 Å². The van der Waals surface area contributed by atoms with Crippen molar-refractivity contribution in [3.8, 4) is 0 Å². The van der Waals surface area contributed by atoms with Gasteiger partial charge in [0, 0.05) is 18.2 Å². The van der Waals surface area contributed by atoms with Gasteiger partial charge in [0.25, 0.3) is 0 Å². The Kier molecular flexibility index (Phi) is 5.99. The fraction of sp³-hybridized carbons (Fsp3) is 0.185. The maximum absolute atomic E-state index is 12.9. The van der Waals surface area contributed by atoms with E-state index in [-0.39, 0.29) is 5.97 Å². The number of carbonyl (C=O) groups is 1. The molecule has 1 heterocycles. The predicted octanol–water partition coefficient (Wildman–Crippen LogP) is 6.42. The first-order valence-corrected chi connectivity index (χ1v) is 10.6. The molecule has 3 aromatic carbocycles. The number of esters is 1. The molecule has 0 N–H and O–H groups in total. The number of rotatable bonds is 6. The molecule has 1 aromatic heterocycles. The van der Waals surface area contributed by atoms with Crippen molar-refractivity contribution in [1.82, 2.24) is 9.55 Å². The maximum atomic E-state index is 12.9. The second kappa shape index (κ2) is 9.00. The fourth-order valence-corrected chi connectivity index (χ4v) is 3.52. The van der Waals surface area contributed by atoms with Crippen LogP contribution in [0.3, 0.4) is 0 Å². The molecule has 0 spiro atoms. The van der Waals surface area contributed by atoms with Crippen molar-refractivity contribution < 1.29 is 9.53 Å². The van der Waals surface area contributed by atoms with Crippen LogP contribution < -0.4 is 0 Å². The molecule has 4 aromatic rings. The Morgan fingerprint density at radius 1 is 0.903 bits per heavy atom. The van der Waals surface area contributed by atoms with Gasteiger partial charge in [0.05, 0.1) is 16.6 Å². The summed E-state index contributed by atoms with van der Waals surface area (Å²) in [7, 11) is 0. The molecule has 0 radical (unpaired) electrons. The first kappa shape index (κ1) is 20.6. The van der Waals surface area contributed by atoms with E-state index in [0.29, 0.717) is 11.3 Å². The number of ether oxygens (including phenoxy) is 1. The Morgan fingerprint density at radius 3 is 2.16 bits per heavy atom. The first-order valence-electron chi connectivity index (χ1n) is 10.6. The fourth-order valence-electron chi connectivity index (χ4n) is 3.52. The molecule has 4 rings (SSSR count). The van der Waals surface area contributed by atoms with Gasteiger partial charge < -0.3 is 9.30 Å². The summed E-state index contributed by atoms with van der Waals surface area (Å²) < 4.78 is 8.07. The average Bonchev–Trinajstić information content (AvgIpc) is 3.12. The van der Waals surface area contributed by atoms with E-state index in [1.807, 2.05) is 74.5 Å². The summed E-state index contributed by atoms with van der Waals surface area (Å²) in [6.45, 7) is 7.00. The number of hydrogen-bond donors (Lipinski definition) is 0. The third-order valence-corrected chi connectivity index (χ3v) is 5.22. The van der Waals surface area contributed by atoms with Crippen LogP contribution in [0.2, 0.25) is 0 Å². The summed E-state index contributed by atoms with van der Waals surface area (Å²) in [5, 5.41) is 0. The number of hydrogen-bond acceptors (Lipinski definition) is 3. The zero-order valence-electron chi connectivity index (χ0n) is 18.1. The number of para-hydroxylation sites is 2. The summed E-state index contributed by atoms with van der Waals surface area (Å²) in [5.41, 5.74) is 5.59. The molecule has 156 valence electrons. The van der Waals surface area contributed by atoms with Crippen molar-refractivity contribution >= 4 is 28.8 Å². The number of imidazole rings is 1. The van der Waals surface area contributed by atoms with Crippen LogP contribution in [0.4, 0.5) is 0 Å². The highest BCUT2D eigenvalue weighted by molar-refractivity contribution is 5.95. The Labute approximate surface area is 182 Å². The van der Waals surface area contributed by atoms with Crippen LogP contribution >= 0.6 is 0 Å². The molecular formula is C27H26N2O2. The molecule has 0 aliphatic heterocycles. The van der Waals surface area contributed by atoms with Gasteiger partial charge in [-0.1, -0.05) is 66.6 Å². The molecule has 4 nitrogen and oxygen atoms in total. The average molecular weight is 411 g/mol. The molecule has 4 heteroatoms. The smallest absolute Gasteiger partial charge is 0.343 e. The van der Waals surface area contributed by atoms with Crippen LogP contribution in [0.5, 0.6) is 0 Å². The molecule has 0 aliphatic carbocycles. The van der Waals surface area contributed by atoms with Crippen LogP contribution in [0.25, 0.3) is 22.9 Å². The second-order valence-electron chi connectivity index (χ2n) is 7.74. The van der Waals surface area contributed by atoms with Gasteiger partial charge in [-0.2, -0.15) is 0 Å². The lowest BCUT2D eigenvalue weighted by atomic mass is 10.1. The quantitative estimate of drug-likeness (QED) is 0.272. The lowest BCUT2D eigenvalue weighted by molar-refractivity contribution is 0.0693. The van der Waals surface area contributed by atoms with Crippen LogP contribution in [-0.4, -0.2) is 15.5 Å². The van der Waals surface area contributed by atoms with Crippen molar-refractivity contribution in [2.75, 3.05) is 0 Å². The van der Waals surface area contributed by atoms with E-state index >= 15 is 0 Å². The normalized spacial score (nSPS) is 11.6. The van der Waals surface area contributed by atoms with Gasteiger partial charge in [-0.3, -0.25) is 0 Å². The second-order valence-corrected chi connectivity index (χ2v) is 7.74. The molecule has 31 heavy (non-hydrogen) atoms. The number of nitrogens with zero attached hydrogens (tertiary/aromatic N) is 2. The molecule has 0 amide bonds. The highest BCUT2D eigenvalue weighted by Gasteiger charge is 2.15. The highest BCUT2D eigenvalue weighted by Crippen LogP contribution is 2.25. The summed E-state index contributed by atoms with van der Waals surface area (Å²) in [4.78, 5) is 17.7. The predicted molar refractivity (Wildman–Crippen MR) is 126 cm³/mol. The van der Waals surface area contributed by atoms with E-state index < -0.39 is 0 Å². The van der Waals surface area contributed by atoms with Crippen LogP contribution in [-0.2, 0) is 11.3 Å². The minimum absolute atomic E-state index is 0.384. The minimum Gasteiger partial charge on any atom is -0.422 e. The van der Waals surface area contributed by atoms with Crippen molar-refractivity contribution in [1.29, 1.82) is 0 Å². The molecule has 0 bridgehead atoms. The van der Waals surface area contributed by atoms with Crippen LogP contribution in [0, 0.1) is 13.8 Å². The van der Waals surface area contributed by atoms with E-state index in [9.17, 15) is 4.79 Å². The number of fused-ring (bicyclic) bond motifs is 1. The maximum Gasteiger partial charge on any atom is 0.343 e. The monoisotopic (exact) mass is 410 g/mol. The van der Waals surface area contributed by atoms with Gasteiger partial charge in [0.1, 0.15) is 11.6 Å². The zero-order chi connectivity index (χ0) is 21.8. The van der Waals surface area contributed by atoms with Crippen molar-refractivity contribution in [3.05, 3.63) is 101 Å². The SMILES string of the molecule is CCCn1c(/C=C(\OC(=O)c2ccc(C)cc2)c2ccc(C)cc2)nc2ccccc21. The van der Waals surface area contributed by atoms with E-state index in [2.05, 4.69) is 17.6 Å². The van der Waals surface area contributed by atoms with E-state index in [4.69, 9.17) is 9.72 Å². The number of carbonyl (C=O) groups excluding carboxylic acids is 1. The Balaban J connectivity index is 1.79. The Bertz CT molecular complexity index is 1230. The van der Waals surface area contributed by atoms with Gasteiger partial charge in [0.15, 0.2) is 0 Å². The molecule has 0 saturated heterocycles. The molecule has 0 aliphatic rings. The molecule has 0 saturated carbocycles. The van der Waals surface area contributed by atoms with Gasteiger partial charge in [-0.05, 0) is 44.5 Å². The summed E-state index contributed by atoms with van der Waals surface area (Å²) >= 11 is 0. The molecule has 0 atom stereocenters. The van der Waals surface area contributed by atoms with Gasteiger partial charge in [0.2, 0.25) is 0 Å². The number of benzene rings is 3. The van der Waals surface area contributed by atoms with Crippen molar-refractivity contribution in [2.45, 2.75) is 33.7 Å². The highest BCUT2D eigenvalue weighted by atomic mass is 16.5. The summed E-state index contributed by atoms with van der Waals surface area (Å²) in [5.74, 6) is 0.874. The van der Waals surface area contributed by atoms with Gasteiger partial charge in [-0.25, -0.2) is 9.78 Å². The lowest BCUT2D eigenvalue weighted by Crippen LogP contribution is -2.06. The largest absolute Gasteiger partial charge is 0.422 e. The summed E-state index contributed by atoms with van der Waals surface area (Å²) in [6.07, 6.45) is 2.84. The van der Waals surface area contributed by atoms with Crippen LogP contribution in [0.15, 0.2) is 72.8 Å².